The van der Waals surface area contributed by atoms with Gasteiger partial charge in [-0.2, -0.15) is 0 Å². The van der Waals surface area contributed by atoms with Gasteiger partial charge in [-0.05, 0) is 34.6 Å². The van der Waals surface area contributed by atoms with Crippen molar-refractivity contribution in [3.63, 3.8) is 0 Å². The van der Waals surface area contributed by atoms with Crippen LogP contribution in [-0.2, 0) is 14.3 Å². The predicted octanol–water partition coefficient (Wildman–Crippen LogP) is 3.53. The summed E-state index contributed by atoms with van der Waals surface area (Å²) < 4.78 is 5.49. The summed E-state index contributed by atoms with van der Waals surface area (Å²) in [4.78, 5) is 35.7. The topological polar surface area (TPSA) is 105 Å². The fourth-order valence-corrected chi connectivity index (χ4v) is 4.07. The zero-order chi connectivity index (χ0) is 23.8. The number of terminal acetylenes is 1. The SMILES string of the molecule is C#CCC(NC(=O)OCC1c2ccccc2-c2ccccc21)C(=O)NCCC(C)CC(=O)O. The summed E-state index contributed by atoms with van der Waals surface area (Å²) in [6.45, 7) is 2.23. The summed E-state index contributed by atoms with van der Waals surface area (Å²) >= 11 is 0. The molecule has 33 heavy (non-hydrogen) atoms. The van der Waals surface area contributed by atoms with Crippen molar-refractivity contribution in [3.8, 4) is 23.5 Å². The molecule has 2 unspecified atom stereocenters. The minimum absolute atomic E-state index is 0.0146. The number of hydrogen-bond donors (Lipinski definition) is 3. The summed E-state index contributed by atoms with van der Waals surface area (Å²) in [5.41, 5.74) is 4.45. The van der Waals surface area contributed by atoms with Crippen molar-refractivity contribution in [1.29, 1.82) is 0 Å². The van der Waals surface area contributed by atoms with E-state index in [2.05, 4.69) is 28.7 Å². The Labute approximate surface area is 193 Å². The highest BCUT2D eigenvalue weighted by Crippen LogP contribution is 2.44. The maximum Gasteiger partial charge on any atom is 0.407 e. The number of hydrogen-bond acceptors (Lipinski definition) is 4. The Kier molecular flexibility index (Phi) is 8.09. The molecule has 0 radical (unpaired) electrons. The molecule has 0 saturated carbocycles. The van der Waals surface area contributed by atoms with Crippen LogP contribution in [0.5, 0.6) is 0 Å². The Bertz CT molecular complexity index is 1010. The molecule has 0 aromatic heterocycles. The lowest BCUT2D eigenvalue weighted by atomic mass is 9.98. The monoisotopic (exact) mass is 448 g/mol. The molecule has 0 spiro atoms. The van der Waals surface area contributed by atoms with Gasteiger partial charge in [-0.25, -0.2) is 4.79 Å². The van der Waals surface area contributed by atoms with Gasteiger partial charge >= 0.3 is 12.1 Å². The number of aliphatic carboxylic acids is 1. The molecule has 1 aliphatic carbocycles. The van der Waals surface area contributed by atoms with E-state index in [0.717, 1.165) is 22.3 Å². The quantitative estimate of drug-likeness (QED) is 0.482. The fourth-order valence-electron chi connectivity index (χ4n) is 4.07. The second kappa shape index (κ2) is 11.2. The van der Waals surface area contributed by atoms with Crippen LogP contribution < -0.4 is 10.6 Å². The van der Waals surface area contributed by atoms with E-state index >= 15 is 0 Å². The van der Waals surface area contributed by atoms with E-state index in [4.69, 9.17) is 16.3 Å². The third kappa shape index (κ3) is 6.13. The first-order valence-corrected chi connectivity index (χ1v) is 10.9. The molecule has 0 aliphatic heterocycles. The summed E-state index contributed by atoms with van der Waals surface area (Å²) in [7, 11) is 0. The minimum Gasteiger partial charge on any atom is -0.481 e. The van der Waals surface area contributed by atoms with Crippen molar-refractivity contribution in [2.24, 2.45) is 5.92 Å². The van der Waals surface area contributed by atoms with Gasteiger partial charge in [-0.1, -0.05) is 55.5 Å². The first kappa shape index (κ1) is 23.9. The molecule has 2 atom stereocenters. The first-order chi connectivity index (χ1) is 15.9. The standard InChI is InChI=1S/C26H28N2O5/c1-3-8-23(25(31)27-14-13-17(2)15-24(29)30)28-26(32)33-16-22-20-11-6-4-9-18(20)19-10-5-7-12-21(19)22/h1,4-7,9-12,17,22-23H,8,13-16H2,2H3,(H,27,31)(H,28,32)(H,29,30). The molecule has 0 fully saturated rings. The van der Waals surface area contributed by atoms with Crippen LogP contribution in [-0.4, -0.2) is 42.3 Å². The lowest BCUT2D eigenvalue weighted by Gasteiger charge is -2.19. The van der Waals surface area contributed by atoms with Crippen LogP contribution >= 0.6 is 0 Å². The number of benzene rings is 2. The molecule has 7 nitrogen and oxygen atoms in total. The lowest BCUT2D eigenvalue weighted by Crippen LogP contribution is -2.47. The number of alkyl carbamates (subject to hydrolysis) is 1. The molecule has 2 aromatic rings. The molecular weight excluding hydrogens is 420 g/mol. The van der Waals surface area contributed by atoms with Crippen molar-refractivity contribution < 1.29 is 24.2 Å². The summed E-state index contributed by atoms with van der Waals surface area (Å²) in [5, 5.41) is 14.1. The number of ether oxygens (including phenoxy) is 1. The Balaban J connectivity index is 1.55. The van der Waals surface area contributed by atoms with Crippen molar-refractivity contribution >= 4 is 18.0 Å². The number of fused-ring (bicyclic) bond motifs is 3. The number of carboxylic acid groups (broad SMARTS) is 1. The van der Waals surface area contributed by atoms with E-state index in [-0.39, 0.29) is 31.3 Å². The van der Waals surface area contributed by atoms with Gasteiger partial charge in [0.05, 0.1) is 0 Å². The van der Waals surface area contributed by atoms with E-state index in [1.807, 2.05) is 36.4 Å². The zero-order valence-electron chi connectivity index (χ0n) is 18.5. The average Bonchev–Trinajstić information content (AvgIpc) is 3.10. The van der Waals surface area contributed by atoms with Crippen molar-refractivity contribution in [2.45, 2.75) is 38.1 Å². The minimum atomic E-state index is -0.930. The zero-order valence-corrected chi connectivity index (χ0v) is 18.5. The highest BCUT2D eigenvalue weighted by Gasteiger charge is 2.29. The molecule has 0 heterocycles. The molecule has 3 rings (SSSR count). The summed E-state index contributed by atoms with van der Waals surface area (Å²) in [6, 6.07) is 15.1. The van der Waals surface area contributed by atoms with E-state index < -0.39 is 24.0 Å². The predicted molar refractivity (Wildman–Crippen MR) is 124 cm³/mol. The number of carboxylic acids is 1. The van der Waals surface area contributed by atoms with Crippen LogP contribution in [0.15, 0.2) is 48.5 Å². The summed E-state index contributed by atoms with van der Waals surface area (Å²) in [5.74, 6) is 0.924. The van der Waals surface area contributed by atoms with Crippen molar-refractivity contribution in [3.05, 3.63) is 59.7 Å². The third-order valence-electron chi connectivity index (χ3n) is 5.73. The molecule has 0 saturated heterocycles. The highest BCUT2D eigenvalue weighted by atomic mass is 16.5. The van der Waals surface area contributed by atoms with Gasteiger partial charge in [0.2, 0.25) is 5.91 Å². The molecule has 2 amide bonds. The largest absolute Gasteiger partial charge is 0.481 e. The number of carbonyl (C=O) groups is 3. The van der Waals surface area contributed by atoms with Crippen LogP contribution in [0.3, 0.4) is 0 Å². The van der Waals surface area contributed by atoms with Crippen LogP contribution in [0.1, 0.15) is 43.2 Å². The highest BCUT2D eigenvalue weighted by molar-refractivity contribution is 5.86. The average molecular weight is 449 g/mol. The van der Waals surface area contributed by atoms with Gasteiger partial charge in [-0.15, -0.1) is 12.3 Å². The second-order valence-corrected chi connectivity index (χ2v) is 8.21. The lowest BCUT2D eigenvalue weighted by molar-refractivity contribution is -0.138. The number of rotatable bonds is 10. The normalized spacial score (nSPS) is 13.7. The van der Waals surface area contributed by atoms with Gasteiger partial charge in [-0.3, -0.25) is 9.59 Å². The molecule has 3 N–H and O–H groups in total. The molecule has 172 valence electrons. The van der Waals surface area contributed by atoms with Crippen molar-refractivity contribution in [2.75, 3.05) is 13.2 Å². The smallest absolute Gasteiger partial charge is 0.407 e. The van der Waals surface area contributed by atoms with Gasteiger partial charge in [0, 0.05) is 25.3 Å². The maximum atomic E-state index is 12.5. The van der Waals surface area contributed by atoms with Gasteiger partial charge < -0.3 is 20.5 Å². The van der Waals surface area contributed by atoms with Gasteiger partial charge in [0.15, 0.2) is 0 Å². The third-order valence-corrected chi connectivity index (χ3v) is 5.73. The van der Waals surface area contributed by atoms with E-state index in [9.17, 15) is 14.4 Å². The second-order valence-electron chi connectivity index (χ2n) is 8.21. The maximum absolute atomic E-state index is 12.5. The summed E-state index contributed by atoms with van der Waals surface area (Å²) in [6.07, 6.45) is 5.20. The molecule has 7 heteroatoms. The molecule has 2 aromatic carbocycles. The molecule has 1 aliphatic rings. The molecule has 0 bridgehead atoms. The van der Waals surface area contributed by atoms with E-state index in [1.54, 1.807) is 6.92 Å². The Hall–Kier alpha value is -3.79. The molecular formula is C26H28N2O5. The Morgan fingerprint density at radius 1 is 1.09 bits per heavy atom. The first-order valence-electron chi connectivity index (χ1n) is 10.9. The number of amides is 2. The number of nitrogens with one attached hydrogen (secondary N) is 2. The van der Waals surface area contributed by atoms with Crippen LogP contribution in [0.2, 0.25) is 0 Å². The van der Waals surface area contributed by atoms with E-state index in [1.165, 1.54) is 0 Å². The Morgan fingerprint density at radius 2 is 1.70 bits per heavy atom. The van der Waals surface area contributed by atoms with Gasteiger partial charge in [0.1, 0.15) is 12.6 Å². The van der Waals surface area contributed by atoms with Crippen molar-refractivity contribution in [1.82, 2.24) is 10.6 Å². The number of carbonyl (C=O) groups excluding carboxylic acids is 2. The Morgan fingerprint density at radius 3 is 2.27 bits per heavy atom. The van der Waals surface area contributed by atoms with Gasteiger partial charge in [0.25, 0.3) is 0 Å². The van der Waals surface area contributed by atoms with Crippen LogP contribution in [0.4, 0.5) is 4.79 Å². The van der Waals surface area contributed by atoms with E-state index in [0.29, 0.717) is 13.0 Å². The van der Waals surface area contributed by atoms with Crippen LogP contribution in [0, 0.1) is 18.3 Å². The van der Waals surface area contributed by atoms with Crippen LogP contribution in [0.25, 0.3) is 11.1 Å². The fraction of sp³-hybridized carbons (Fsp3) is 0.346.